The Labute approximate surface area is 206 Å². The van der Waals surface area contributed by atoms with Crippen LogP contribution in [0.5, 0.6) is 0 Å². The molecule has 0 aliphatic carbocycles. The third-order valence-electron chi connectivity index (χ3n) is 6.98. The van der Waals surface area contributed by atoms with E-state index >= 15 is 0 Å². The first-order valence-corrected chi connectivity index (χ1v) is 13.0. The van der Waals surface area contributed by atoms with Crippen LogP contribution in [0, 0.1) is 19.4 Å². The molecule has 0 radical (unpaired) electrons. The fourth-order valence-electron chi connectivity index (χ4n) is 4.94. The van der Waals surface area contributed by atoms with Crippen molar-refractivity contribution in [2.24, 2.45) is 5.92 Å². The van der Waals surface area contributed by atoms with E-state index in [4.69, 9.17) is 6.57 Å². The van der Waals surface area contributed by atoms with Crippen molar-refractivity contribution in [3.63, 3.8) is 0 Å². The van der Waals surface area contributed by atoms with Crippen molar-refractivity contribution in [2.75, 3.05) is 26.7 Å². The molecular weight excluding hydrogens is 418 g/mol. The lowest BCUT2D eigenvalue weighted by Crippen LogP contribution is -2.39. The zero-order valence-electron chi connectivity index (χ0n) is 21.4. The molecule has 3 rings (SSSR count). The Morgan fingerprint density at radius 3 is 2.56 bits per heavy atom. The summed E-state index contributed by atoms with van der Waals surface area (Å²) >= 11 is 0. The van der Waals surface area contributed by atoms with Gasteiger partial charge in [0.25, 0.3) is 0 Å². The third kappa shape index (κ3) is 7.99. The third-order valence-corrected chi connectivity index (χ3v) is 6.98. The number of rotatable bonds is 11. The molecule has 1 saturated heterocycles. The summed E-state index contributed by atoms with van der Waals surface area (Å²) in [6, 6.07) is 14.4. The molecular formula is C30H41N3O. The molecule has 2 aromatic rings. The van der Waals surface area contributed by atoms with Gasteiger partial charge in [0.1, 0.15) is 0 Å². The van der Waals surface area contributed by atoms with E-state index in [1.54, 1.807) is 0 Å². The highest BCUT2D eigenvalue weighted by atomic mass is 16.2. The standard InChI is InChI=1S/C30H41N3O/c1-5-6-7-8-9-13-30(34)33(22-25-14-16-32(4)17-15-25)23-26-18-24(2)19-28(20-26)27-11-10-12-29(21-27)31-3/h10-12,18-21,25H,5-9,13-17,22-23H2,1-2,4H3. The molecule has 4 heteroatoms. The van der Waals surface area contributed by atoms with Crippen LogP contribution in [0.4, 0.5) is 5.69 Å². The van der Waals surface area contributed by atoms with Gasteiger partial charge in [-0.05, 0) is 81.1 Å². The van der Waals surface area contributed by atoms with E-state index < -0.39 is 0 Å². The van der Waals surface area contributed by atoms with Crippen molar-refractivity contribution in [2.45, 2.75) is 71.8 Å². The normalized spacial score (nSPS) is 14.6. The molecule has 34 heavy (non-hydrogen) atoms. The van der Waals surface area contributed by atoms with E-state index in [9.17, 15) is 4.79 Å². The van der Waals surface area contributed by atoms with Crippen LogP contribution in [-0.2, 0) is 11.3 Å². The van der Waals surface area contributed by atoms with Gasteiger partial charge in [0.2, 0.25) is 5.91 Å². The second kappa shape index (κ2) is 13.3. The van der Waals surface area contributed by atoms with Gasteiger partial charge in [0.05, 0.1) is 6.57 Å². The largest absolute Gasteiger partial charge is 0.338 e. The van der Waals surface area contributed by atoms with Gasteiger partial charge in [0.15, 0.2) is 5.69 Å². The minimum absolute atomic E-state index is 0.300. The summed E-state index contributed by atoms with van der Waals surface area (Å²) in [7, 11) is 2.19. The van der Waals surface area contributed by atoms with Gasteiger partial charge in [-0.3, -0.25) is 4.79 Å². The average molecular weight is 460 g/mol. The van der Waals surface area contributed by atoms with Crippen molar-refractivity contribution in [1.29, 1.82) is 0 Å². The summed E-state index contributed by atoms with van der Waals surface area (Å²) < 4.78 is 0. The lowest BCUT2D eigenvalue weighted by atomic mass is 9.95. The first-order chi connectivity index (χ1) is 16.5. The number of aryl methyl sites for hydroxylation is 1. The summed E-state index contributed by atoms with van der Waals surface area (Å²) in [4.78, 5) is 21.4. The summed E-state index contributed by atoms with van der Waals surface area (Å²) in [5.74, 6) is 0.883. The molecule has 0 N–H and O–H groups in total. The quantitative estimate of drug-likeness (QED) is 0.262. The van der Waals surface area contributed by atoms with Crippen LogP contribution in [0.15, 0.2) is 42.5 Å². The minimum Gasteiger partial charge on any atom is -0.338 e. The van der Waals surface area contributed by atoms with Gasteiger partial charge in [0, 0.05) is 19.5 Å². The molecule has 182 valence electrons. The Bertz CT molecular complexity index is 969. The van der Waals surface area contributed by atoms with Crippen LogP contribution >= 0.6 is 0 Å². The van der Waals surface area contributed by atoms with E-state index in [2.05, 4.69) is 59.8 Å². The minimum atomic E-state index is 0.300. The molecule has 0 spiro atoms. The fraction of sp³-hybridized carbons (Fsp3) is 0.533. The molecule has 1 aliphatic heterocycles. The maximum absolute atomic E-state index is 13.3. The second-order valence-corrected chi connectivity index (χ2v) is 10.1. The molecule has 0 saturated carbocycles. The Kier molecular flexibility index (Phi) is 10.2. The predicted octanol–water partition coefficient (Wildman–Crippen LogP) is 7.24. The summed E-state index contributed by atoms with van der Waals surface area (Å²) in [5.41, 5.74) is 5.19. The Balaban J connectivity index is 1.75. The van der Waals surface area contributed by atoms with E-state index in [1.165, 1.54) is 43.2 Å². The van der Waals surface area contributed by atoms with E-state index in [0.29, 0.717) is 30.5 Å². The van der Waals surface area contributed by atoms with Crippen LogP contribution in [0.3, 0.4) is 0 Å². The Morgan fingerprint density at radius 2 is 1.82 bits per heavy atom. The first-order valence-electron chi connectivity index (χ1n) is 13.0. The van der Waals surface area contributed by atoms with Crippen LogP contribution in [0.25, 0.3) is 16.0 Å². The SMILES string of the molecule is [C-]#[N+]c1cccc(-c2cc(C)cc(CN(CC3CCN(C)CC3)C(=O)CCCCCCC)c2)c1. The predicted molar refractivity (Wildman–Crippen MR) is 142 cm³/mol. The molecule has 0 bridgehead atoms. The van der Waals surface area contributed by atoms with Gasteiger partial charge >= 0.3 is 0 Å². The lowest BCUT2D eigenvalue weighted by Gasteiger charge is -2.33. The highest BCUT2D eigenvalue weighted by Gasteiger charge is 2.23. The number of unbranched alkanes of at least 4 members (excludes halogenated alkanes) is 4. The zero-order valence-corrected chi connectivity index (χ0v) is 21.4. The Hall–Kier alpha value is -2.64. The molecule has 0 aromatic heterocycles. The monoisotopic (exact) mass is 459 g/mol. The molecule has 1 aliphatic rings. The first kappa shape index (κ1) is 26.0. The number of piperidine rings is 1. The number of nitrogens with zero attached hydrogens (tertiary/aromatic N) is 3. The average Bonchev–Trinajstić information content (AvgIpc) is 2.84. The van der Waals surface area contributed by atoms with Crippen LogP contribution < -0.4 is 0 Å². The number of likely N-dealkylation sites (tertiary alicyclic amines) is 1. The fourth-order valence-corrected chi connectivity index (χ4v) is 4.94. The van der Waals surface area contributed by atoms with E-state index in [-0.39, 0.29) is 0 Å². The van der Waals surface area contributed by atoms with Gasteiger partial charge < -0.3 is 9.80 Å². The molecule has 0 unspecified atom stereocenters. The molecule has 0 atom stereocenters. The summed E-state index contributed by atoms with van der Waals surface area (Å²) in [5, 5.41) is 0. The van der Waals surface area contributed by atoms with E-state index in [0.717, 1.165) is 43.6 Å². The number of benzene rings is 2. The molecule has 4 nitrogen and oxygen atoms in total. The molecule has 1 amide bonds. The van der Waals surface area contributed by atoms with Gasteiger partial charge in [-0.1, -0.05) is 68.5 Å². The molecule has 2 aromatic carbocycles. The van der Waals surface area contributed by atoms with Gasteiger partial charge in [-0.2, -0.15) is 0 Å². The van der Waals surface area contributed by atoms with Crippen molar-refractivity contribution in [3.05, 3.63) is 65.0 Å². The highest BCUT2D eigenvalue weighted by Crippen LogP contribution is 2.27. The van der Waals surface area contributed by atoms with Crippen molar-refractivity contribution in [1.82, 2.24) is 9.80 Å². The van der Waals surface area contributed by atoms with Gasteiger partial charge in [-0.25, -0.2) is 4.85 Å². The maximum atomic E-state index is 13.3. The second-order valence-electron chi connectivity index (χ2n) is 10.1. The molecule has 1 fully saturated rings. The summed E-state index contributed by atoms with van der Waals surface area (Å²) in [6.45, 7) is 15.4. The highest BCUT2D eigenvalue weighted by molar-refractivity contribution is 5.76. The smallest absolute Gasteiger partial charge is 0.222 e. The Morgan fingerprint density at radius 1 is 1.06 bits per heavy atom. The maximum Gasteiger partial charge on any atom is 0.222 e. The van der Waals surface area contributed by atoms with Gasteiger partial charge in [-0.15, -0.1) is 0 Å². The topological polar surface area (TPSA) is 27.9 Å². The zero-order chi connectivity index (χ0) is 24.3. The number of carbonyl (C=O) groups excluding carboxylic acids is 1. The number of carbonyl (C=O) groups is 1. The van der Waals surface area contributed by atoms with Crippen molar-refractivity contribution >= 4 is 11.6 Å². The van der Waals surface area contributed by atoms with Crippen molar-refractivity contribution in [3.8, 4) is 11.1 Å². The van der Waals surface area contributed by atoms with Crippen LogP contribution in [0.1, 0.15) is 69.4 Å². The summed E-state index contributed by atoms with van der Waals surface area (Å²) in [6.07, 6.45) is 8.84. The number of amides is 1. The van der Waals surface area contributed by atoms with E-state index in [1.807, 2.05) is 18.2 Å². The lowest BCUT2D eigenvalue weighted by molar-refractivity contribution is -0.132. The van der Waals surface area contributed by atoms with Crippen LogP contribution in [-0.4, -0.2) is 42.4 Å². The van der Waals surface area contributed by atoms with Crippen molar-refractivity contribution < 1.29 is 4.79 Å². The number of hydrogen-bond donors (Lipinski definition) is 0. The number of hydrogen-bond acceptors (Lipinski definition) is 2. The molecule has 1 heterocycles. The van der Waals surface area contributed by atoms with Crippen LogP contribution in [0.2, 0.25) is 0 Å².